The molecule has 0 saturated carbocycles. The van der Waals surface area contributed by atoms with Crippen LogP contribution in [-0.2, 0) is 6.54 Å². The lowest BCUT2D eigenvalue weighted by Crippen LogP contribution is -2.45. The largest absolute Gasteiger partial charge is 0.395 e. The van der Waals surface area contributed by atoms with E-state index in [1.165, 1.54) is 5.56 Å². The first-order valence-electron chi connectivity index (χ1n) is 5.86. The summed E-state index contributed by atoms with van der Waals surface area (Å²) in [6.07, 6.45) is 1.25. The molecule has 0 radical (unpaired) electrons. The van der Waals surface area contributed by atoms with Gasteiger partial charge >= 0.3 is 0 Å². The van der Waals surface area contributed by atoms with Gasteiger partial charge in [-0.3, -0.25) is 4.90 Å². The minimum Gasteiger partial charge on any atom is -0.395 e. The number of aliphatic hydroxyl groups excluding tert-OH is 2. The Morgan fingerprint density at radius 3 is 2.69 bits per heavy atom. The Hall–Kier alpha value is -0.900. The highest BCUT2D eigenvalue weighted by molar-refractivity contribution is 5.14. The van der Waals surface area contributed by atoms with Crippen molar-refractivity contribution in [3.05, 3.63) is 35.9 Å². The molecule has 0 spiro atoms. The molecule has 2 N–H and O–H groups in total. The third-order valence-corrected chi connectivity index (χ3v) is 3.25. The Balaban J connectivity index is 1.98. The molecule has 1 saturated heterocycles. The fraction of sp³-hybridized carbons (Fsp3) is 0.538. The number of benzene rings is 1. The maximum atomic E-state index is 9.56. The summed E-state index contributed by atoms with van der Waals surface area (Å²) in [6, 6.07) is 10.4. The number of rotatable bonds is 3. The summed E-state index contributed by atoms with van der Waals surface area (Å²) in [7, 11) is 0. The van der Waals surface area contributed by atoms with E-state index in [-0.39, 0.29) is 18.8 Å². The lowest BCUT2D eigenvalue weighted by Gasteiger charge is -2.36. The van der Waals surface area contributed by atoms with Crippen molar-refractivity contribution in [2.24, 2.45) is 0 Å². The van der Waals surface area contributed by atoms with Gasteiger partial charge in [0, 0.05) is 19.1 Å². The van der Waals surface area contributed by atoms with Gasteiger partial charge in [0.25, 0.3) is 0 Å². The van der Waals surface area contributed by atoms with Gasteiger partial charge in [-0.15, -0.1) is 0 Å². The van der Waals surface area contributed by atoms with Crippen molar-refractivity contribution >= 4 is 0 Å². The van der Waals surface area contributed by atoms with Gasteiger partial charge in [0.1, 0.15) is 0 Å². The Labute approximate surface area is 96.3 Å². The van der Waals surface area contributed by atoms with E-state index in [4.69, 9.17) is 0 Å². The van der Waals surface area contributed by atoms with Crippen molar-refractivity contribution in [1.29, 1.82) is 0 Å². The first kappa shape index (κ1) is 11.6. The first-order valence-corrected chi connectivity index (χ1v) is 5.86. The highest BCUT2D eigenvalue weighted by Gasteiger charge is 2.26. The van der Waals surface area contributed by atoms with Crippen molar-refractivity contribution in [2.75, 3.05) is 13.2 Å². The van der Waals surface area contributed by atoms with Gasteiger partial charge < -0.3 is 10.2 Å². The fourth-order valence-corrected chi connectivity index (χ4v) is 2.29. The molecule has 1 aromatic carbocycles. The van der Waals surface area contributed by atoms with Crippen LogP contribution in [0.1, 0.15) is 18.4 Å². The van der Waals surface area contributed by atoms with Crippen LogP contribution < -0.4 is 0 Å². The molecule has 1 fully saturated rings. The highest BCUT2D eigenvalue weighted by Crippen LogP contribution is 2.19. The van der Waals surface area contributed by atoms with Crippen molar-refractivity contribution < 1.29 is 10.2 Å². The van der Waals surface area contributed by atoms with E-state index in [0.29, 0.717) is 6.42 Å². The molecule has 0 aromatic heterocycles. The Morgan fingerprint density at radius 1 is 1.25 bits per heavy atom. The maximum Gasteiger partial charge on any atom is 0.0587 e. The quantitative estimate of drug-likeness (QED) is 0.800. The Bertz CT molecular complexity index is 315. The van der Waals surface area contributed by atoms with Gasteiger partial charge in [-0.05, 0) is 18.4 Å². The van der Waals surface area contributed by atoms with Gasteiger partial charge in [-0.25, -0.2) is 0 Å². The molecule has 0 bridgehead atoms. The standard InChI is InChI=1S/C13H19NO2/c15-10-12-8-13(16)6-7-14(12)9-11-4-2-1-3-5-11/h1-5,12-13,15-16H,6-10H2. The van der Waals surface area contributed by atoms with Crippen LogP contribution in [0.15, 0.2) is 30.3 Å². The van der Waals surface area contributed by atoms with Crippen molar-refractivity contribution in [3.63, 3.8) is 0 Å². The summed E-state index contributed by atoms with van der Waals surface area (Å²) in [6.45, 7) is 1.85. The minimum absolute atomic E-state index is 0.101. The third kappa shape index (κ3) is 2.82. The van der Waals surface area contributed by atoms with Crippen molar-refractivity contribution in [3.8, 4) is 0 Å². The summed E-state index contributed by atoms with van der Waals surface area (Å²) in [4.78, 5) is 2.25. The summed E-state index contributed by atoms with van der Waals surface area (Å²) in [5, 5.41) is 18.9. The second-order valence-corrected chi connectivity index (χ2v) is 4.47. The monoisotopic (exact) mass is 221 g/mol. The van der Waals surface area contributed by atoms with E-state index >= 15 is 0 Å². The molecule has 2 rings (SSSR count). The SMILES string of the molecule is OCC1CC(O)CCN1Cc1ccccc1. The molecule has 1 aromatic rings. The third-order valence-electron chi connectivity index (χ3n) is 3.25. The second-order valence-electron chi connectivity index (χ2n) is 4.47. The van der Waals surface area contributed by atoms with Crippen molar-refractivity contribution in [2.45, 2.75) is 31.5 Å². The molecular weight excluding hydrogens is 202 g/mol. The predicted octanol–water partition coefficient (Wildman–Crippen LogP) is 1.00. The molecule has 2 unspecified atom stereocenters. The minimum atomic E-state index is -0.246. The number of nitrogens with zero attached hydrogens (tertiary/aromatic N) is 1. The summed E-state index contributed by atoms with van der Waals surface area (Å²) < 4.78 is 0. The average molecular weight is 221 g/mol. The van der Waals surface area contributed by atoms with Crippen LogP contribution in [0, 0.1) is 0 Å². The van der Waals surface area contributed by atoms with Gasteiger partial charge in [0.2, 0.25) is 0 Å². The fourth-order valence-electron chi connectivity index (χ4n) is 2.29. The summed E-state index contributed by atoms with van der Waals surface area (Å²) in [5.74, 6) is 0. The average Bonchev–Trinajstić information content (AvgIpc) is 2.33. The Kier molecular flexibility index (Phi) is 3.93. The highest BCUT2D eigenvalue weighted by atomic mass is 16.3. The zero-order chi connectivity index (χ0) is 11.4. The molecule has 0 amide bonds. The molecule has 2 atom stereocenters. The zero-order valence-electron chi connectivity index (χ0n) is 9.42. The second kappa shape index (κ2) is 5.43. The van der Waals surface area contributed by atoms with Gasteiger partial charge in [-0.1, -0.05) is 30.3 Å². The molecule has 1 aliphatic rings. The number of aliphatic hydroxyl groups is 2. The number of hydrogen-bond acceptors (Lipinski definition) is 3. The topological polar surface area (TPSA) is 43.7 Å². The number of piperidine rings is 1. The van der Waals surface area contributed by atoms with E-state index in [0.717, 1.165) is 19.5 Å². The van der Waals surface area contributed by atoms with Crippen molar-refractivity contribution in [1.82, 2.24) is 4.90 Å². The van der Waals surface area contributed by atoms with Crippen LogP contribution in [0.4, 0.5) is 0 Å². The van der Waals surface area contributed by atoms with E-state index in [2.05, 4.69) is 17.0 Å². The normalized spacial score (nSPS) is 26.9. The lowest BCUT2D eigenvalue weighted by atomic mass is 9.99. The molecule has 3 heteroatoms. The van der Waals surface area contributed by atoms with E-state index < -0.39 is 0 Å². The van der Waals surface area contributed by atoms with Crippen LogP contribution in [0.25, 0.3) is 0 Å². The summed E-state index contributed by atoms with van der Waals surface area (Å²) in [5.41, 5.74) is 1.26. The lowest BCUT2D eigenvalue weighted by molar-refractivity contribution is 0.0129. The summed E-state index contributed by atoms with van der Waals surface area (Å²) >= 11 is 0. The molecular formula is C13H19NO2. The van der Waals surface area contributed by atoms with Crippen LogP contribution in [0.5, 0.6) is 0 Å². The molecule has 0 aliphatic carbocycles. The van der Waals surface area contributed by atoms with Gasteiger partial charge in [0.05, 0.1) is 12.7 Å². The maximum absolute atomic E-state index is 9.56. The number of likely N-dealkylation sites (tertiary alicyclic amines) is 1. The molecule has 3 nitrogen and oxygen atoms in total. The van der Waals surface area contributed by atoms with Gasteiger partial charge in [-0.2, -0.15) is 0 Å². The predicted molar refractivity (Wildman–Crippen MR) is 63.0 cm³/mol. The Morgan fingerprint density at radius 2 is 2.00 bits per heavy atom. The van der Waals surface area contributed by atoms with Crippen LogP contribution in [0.3, 0.4) is 0 Å². The molecule has 1 aliphatic heterocycles. The van der Waals surface area contributed by atoms with Gasteiger partial charge in [0.15, 0.2) is 0 Å². The van der Waals surface area contributed by atoms with E-state index in [1.807, 2.05) is 18.2 Å². The van der Waals surface area contributed by atoms with E-state index in [1.54, 1.807) is 0 Å². The molecule has 1 heterocycles. The number of hydrogen-bond donors (Lipinski definition) is 2. The zero-order valence-corrected chi connectivity index (χ0v) is 9.42. The molecule has 16 heavy (non-hydrogen) atoms. The van der Waals surface area contributed by atoms with E-state index in [9.17, 15) is 10.2 Å². The van der Waals surface area contributed by atoms with Crippen LogP contribution >= 0.6 is 0 Å². The molecule has 88 valence electrons. The smallest absolute Gasteiger partial charge is 0.0587 e. The van der Waals surface area contributed by atoms with Crippen LogP contribution in [0.2, 0.25) is 0 Å². The first-order chi connectivity index (χ1) is 7.79. The van der Waals surface area contributed by atoms with Crippen LogP contribution in [-0.4, -0.2) is 40.4 Å².